The minimum absolute atomic E-state index is 0.00979. The van der Waals surface area contributed by atoms with Crippen molar-refractivity contribution < 1.29 is 5.11 Å². The third-order valence-electron chi connectivity index (χ3n) is 4.79. The van der Waals surface area contributed by atoms with Crippen LogP contribution in [-0.4, -0.2) is 25.0 Å². The second kappa shape index (κ2) is 8.44. The maximum absolute atomic E-state index is 9.29. The van der Waals surface area contributed by atoms with Crippen LogP contribution < -0.4 is 5.32 Å². The maximum Gasteiger partial charge on any atom is 0.230 e. The monoisotopic (exact) mass is 377 g/mol. The van der Waals surface area contributed by atoms with E-state index in [9.17, 15) is 5.11 Å². The minimum Gasteiger partial charge on any atom is -0.392 e. The van der Waals surface area contributed by atoms with Gasteiger partial charge in [0.25, 0.3) is 0 Å². The zero-order chi connectivity index (χ0) is 20.1. The second-order valence-corrected chi connectivity index (χ2v) is 7.91. The molecule has 0 saturated carbocycles. The van der Waals surface area contributed by atoms with Crippen molar-refractivity contribution in [2.24, 2.45) is 5.41 Å². The molecule has 3 aromatic rings. The lowest BCUT2D eigenvalue weighted by Gasteiger charge is -2.29. The van der Waals surface area contributed by atoms with Crippen LogP contribution in [0.1, 0.15) is 51.3 Å². The first-order chi connectivity index (χ1) is 13.4. The molecule has 0 bridgehead atoms. The van der Waals surface area contributed by atoms with Gasteiger partial charge in [0, 0.05) is 29.1 Å². The van der Waals surface area contributed by atoms with Gasteiger partial charge in [0.2, 0.25) is 5.95 Å². The van der Waals surface area contributed by atoms with Crippen molar-refractivity contribution in [3.63, 3.8) is 0 Å². The Morgan fingerprint density at radius 2 is 1.89 bits per heavy atom. The van der Waals surface area contributed by atoms with Crippen LogP contribution in [0.15, 0.2) is 48.9 Å². The number of aliphatic hydroxyl groups is 1. The van der Waals surface area contributed by atoms with Gasteiger partial charge in [-0.3, -0.25) is 4.98 Å². The highest BCUT2D eigenvalue weighted by Gasteiger charge is 2.26. The van der Waals surface area contributed by atoms with Gasteiger partial charge in [-0.05, 0) is 41.7 Å². The largest absolute Gasteiger partial charge is 0.392 e. The van der Waals surface area contributed by atoms with Crippen molar-refractivity contribution in [2.75, 3.05) is 5.32 Å². The predicted molar refractivity (Wildman–Crippen MR) is 111 cm³/mol. The lowest BCUT2D eigenvalue weighted by molar-refractivity contribution is 0.282. The average molecular weight is 377 g/mol. The first-order valence-electron chi connectivity index (χ1n) is 9.53. The van der Waals surface area contributed by atoms with E-state index in [1.54, 1.807) is 0 Å². The van der Waals surface area contributed by atoms with E-state index in [4.69, 9.17) is 0 Å². The van der Waals surface area contributed by atoms with Crippen LogP contribution >= 0.6 is 0 Å². The second-order valence-electron chi connectivity index (χ2n) is 7.91. The SMILES string of the molecule is CCC(c1cc(-c2ncnc(Nc3cccc(CO)c3)n2)ccn1)C(C)(C)C. The van der Waals surface area contributed by atoms with Crippen molar-refractivity contribution in [2.45, 2.75) is 46.6 Å². The van der Waals surface area contributed by atoms with E-state index in [1.807, 2.05) is 36.5 Å². The molecule has 0 spiro atoms. The Balaban J connectivity index is 1.89. The fourth-order valence-corrected chi connectivity index (χ4v) is 3.42. The van der Waals surface area contributed by atoms with Gasteiger partial charge in [-0.25, -0.2) is 9.97 Å². The summed E-state index contributed by atoms with van der Waals surface area (Å²) in [5.74, 6) is 1.41. The zero-order valence-corrected chi connectivity index (χ0v) is 16.8. The zero-order valence-electron chi connectivity index (χ0n) is 16.8. The molecule has 0 aliphatic rings. The van der Waals surface area contributed by atoms with Gasteiger partial charge in [-0.1, -0.05) is 39.8 Å². The summed E-state index contributed by atoms with van der Waals surface area (Å²) < 4.78 is 0. The Labute approximate surface area is 166 Å². The standard InChI is InChI=1S/C22H27N5O/c1-5-18(22(2,3)4)19-12-16(9-10-23-19)20-24-14-25-21(27-20)26-17-8-6-7-15(11-17)13-28/h6-12,14,18,28H,5,13H2,1-4H3,(H,24,25,26,27). The van der Waals surface area contributed by atoms with E-state index in [0.717, 1.165) is 28.9 Å². The molecule has 6 nitrogen and oxygen atoms in total. The Morgan fingerprint density at radius 1 is 1.07 bits per heavy atom. The summed E-state index contributed by atoms with van der Waals surface area (Å²) >= 11 is 0. The van der Waals surface area contributed by atoms with E-state index in [2.05, 4.69) is 59.0 Å². The van der Waals surface area contributed by atoms with Gasteiger partial charge in [0.1, 0.15) is 6.33 Å². The summed E-state index contributed by atoms with van der Waals surface area (Å²) in [7, 11) is 0. The van der Waals surface area contributed by atoms with Gasteiger partial charge in [0.15, 0.2) is 5.82 Å². The molecule has 0 fully saturated rings. The van der Waals surface area contributed by atoms with E-state index in [1.165, 1.54) is 6.33 Å². The molecule has 0 saturated heterocycles. The molecule has 6 heteroatoms. The number of anilines is 2. The van der Waals surface area contributed by atoms with Gasteiger partial charge < -0.3 is 10.4 Å². The van der Waals surface area contributed by atoms with Crippen molar-refractivity contribution in [3.8, 4) is 11.4 Å². The topological polar surface area (TPSA) is 83.8 Å². The molecule has 1 aromatic carbocycles. The molecule has 1 atom stereocenters. The predicted octanol–water partition coefficient (Wildman–Crippen LogP) is 4.71. The first-order valence-corrected chi connectivity index (χ1v) is 9.53. The van der Waals surface area contributed by atoms with Crippen LogP contribution in [0, 0.1) is 5.41 Å². The quantitative estimate of drug-likeness (QED) is 0.647. The average Bonchev–Trinajstić information content (AvgIpc) is 2.68. The molecular formula is C22H27N5O. The summed E-state index contributed by atoms with van der Waals surface area (Å²) in [5, 5.41) is 12.5. The number of rotatable bonds is 6. The fourth-order valence-electron chi connectivity index (χ4n) is 3.42. The number of pyridine rings is 1. The lowest BCUT2D eigenvalue weighted by atomic mass is 9.77. The van der Waals surface area contributed by atoms with Gasteiger partial charge in [-0.15, -0.1) is 0 Å². The summed E-state index contributed by atoms with van der Waals surface area (Å²) in [5.41, 5.74) is 3.74. The molecule has 0 aliphatic carbocycles. The smallest absolute Gasteiger partial charge is 0.230 e. The molecule has 2 heterocycles. The van der Waals surface area contributed by atoms with Crippen LogP contribution in [0.5, 0.6) is 0 Å². The lowest BCUT2D eigenvalue weighted by Crippen LogP contribution is -2.18. The highest BCUT2D eigenvalue weighted by molar-refractivity contribution is 5.59. The van der Waals surface area contributed by atoms with Crippen molar-refractivity contribution in [1.29, 1.82) is 0 Å². The third kappa shape index (κ3) is 4.70. The molecule has 28 heavy (non-hydrogen) atoms. The van der Waals surface area contributed by atoms with Crippen molar-refractivity contribution in [1.82, 2.24) is 19.9 Å². The van der Waals surface area contributed by atoms with Gasteiger partial charge >= 0.3 is 0 Å². The Bertz CT molecular complexity index is 936. The number of aromatic nitrogens is 4. The Morgan fingerprint density at radius 3 is 2.61 bits per heavy atom. The summed E-state index contributed by atoms with van der Waals surface area (Å²) in [6.07, 6.45) is 4.34. The van der Waals surface area contributed by atoms with Crippen LogP contribution in [0.25, 0.3) is 11.4 Å². The molecular weight excluding hydrogens is 350 g/mol. The molecule has 0 amide bonds. The summed E-state index contributed by atoms with van der Waals surface area (Å²) in [6.45, 7) is 8.89. The molecule has 146 valence electrons. The van der Waals surface area contributed by atoms with Crippen LogP contribution in [0.2, 0.25) is 0 Å². The maximum atomic E-state index is 9.29. The molecule has 2 aromatic heterocycles. The Hall–Kier alpha value is -2.86. The molecule has 3 rings (SSSR count). The number of hydrogen-bond donors (Lipinski definition) is 2. The highest BCUT2D eigenvalue weighted by atomic mass is 16.3. The molecule has 1 unspecified atom stereocenters. The van der Waals surface area contributed by atoms with Crippen LogP contribution in [0.4, 0.5) is 11.6 Å². The number of nitrogens with zero attached hydrogens (tertiary/aromatic N) is 4. The molecule has 0 radical (unpaired) electrons. The van der Waals surface area contributed by atoms with Crippen molar-refractivity contribution in [3.05, 3.63) is 60.2 Å². The van der Waals surface area contributed by atoms with Gasteiger partial charge in [0.05, 0.1) is 6.61 Å². The first kappa shape index (κ1) is 19.9. The van der Waals surface area contributed by atoms with Gasteiger partial charge in [-0.2, -0.15) is 4.98 Å². The number of nitrogens with one attached hydrogen (secondary N) is 1. The summed E-state index contributed by atoms with van der Waals surface area (Å²) in [6, 6.07) is 11.5. The van der Waals surface area contributed by atoms with E-state index in [0.29, 0.717) is 17.7 Å². The van der Waals surface area contributed by atoms with E-state index < -0.39 is 0 Å². The van der Waals surface area contributed by atoms with Crippen molar-refractivity contribution >= 4 is 11.6 Å². The molecule has 0 aliphatic heterocycles. The van der Waals surface area contributed by atoms with E-state index >= 15 is 0 Å². The normalized spacial score (nSPS) is 12.6. The van der Waals surface area contributed by atoms with Crippen LogP contribution in [-0.2, 0) is 6.61 Å². The number of benzene rings is 1. The highest BCUT2D eigenvalue weighted by Crippen LogP contribution is 2.37. The third-order valence-corrected chi connectivity index (χ3v) is 4.79. The number of aliphatic hydroxyl groups excluding tert-OH is 1. The Kier molecular flexibility index (Phi) is 5.99. The minimum atomic E-state index is -0.00979. The van der Waals surface area contributed by atoms with E-state index in [-0.39, 0.29) is 12.0 Å². The molecule has 2 N–H and O–H groups in total. The summed E-state index contributed by atoms with van der Waals surface area (Å²) in [4.78, 5) is 17.7. The fraction of sp³-hybridized carbons (Fsp3) is 0.364. The van der Waals surface area contributed by atoms with Crippen LogP contribution in [0.3, 0.4) is 0 Å². The number of hydrogen-bond acceptors (Lipinski definition) is 6.